The number of aromatic amines is 2. The second-order valence-electron chi connectivity index (χ2n) is 16.1. The third-order valence-corrected chi connectivity index (χ3v) is 12.2. The summed E-state index contributed by atoms with van der Waals surface area (Å²) in [5, 5.41) is 7.59. The van der Waals surface area contributed by atoms with Gasteiger partial charge in [0, 0.05) is 31.7 Å². The van der Waals surface area contributed by atoms with Crippen molar-refractivity contribution in [3.8, 4) is 22.4 Å². The molecule has 3 saturated heterocycles. The quantitative estimate of drug-likeness (QED) is 0.120. The Labute approximate surface area is 342 Å². The Morgan fingerprint density at radius 1 is 0.763 bits per heavy atom. The van der Waals surface area contributed by atoms with E-state index in [-0.39, 0.29) is 35.7 Å². The molecule has 0 bridgehead atoms. The highest BCUT2D eigenvalue weighted by Crippen LogP contribution is 2.37. The number of fused-ring (bicyclic) bond motifs is 3. The van der Waals surface area contributed by atoms with Gasteiger partial charge in [-0.3, -0.25) is 9.59 Å². The molecule has 4 amide bonds. The normalized spacial score (nSPS) is 19.6. The molecule has 2 aromatic heterocycles. The number of benzene rings is 3. The van der Waals surface area contributed by atoms with Crippen LogP contribution in [0.25, 0.3) is 44.2 Å². The van der Waals surface area contributed by atoms with Gasteiger partial charge in [0.2, 0.25) is 11.8 Å². The van der Waals surface area contributed by atoms with Gasteiger partial charge in [-0.2, -0.15) is 0 Å². The highest BCUT2D eigenvalue weighted by atomic mass is 16.5. The van der Waals surface area contributed by atoms with Crippen molar-refractivity contribution in [1.82, 2.24) is 40.4 Å². The van der Waals surface area contributed by atoms with Crippen molar-refractivity contribution >= 4 is 45.8 Å². The number of ether oxygens (including phenoxy) is 3. The fourth-order valence-corrected chi connectivity index (χ4v) is 8.96. The number of nitrogens with one attached hydrogen (secondary N) is 4. The summed E-state index contributed by atoms with van der Waals surface area (Å²) in [6.45, 7) is 6.11. The smallest absolute Gasteiger partial charge is 0.407 e. The molecule has 3 aliphatic heterocycles. The minimum Gasteiger partial charge on any atom is -0.453 e. The number of amides is 4. The fraction of sp³-hybridized carbons (Fsp3) is 0.455. The molecule has 0 aliphatic carbocycles. The lowest BCUT2D eigenvalue weighted by atomic mass is 9.90. The number of nitrogens with zero attached hydrogens (tertiary/aromatic N) is 4. The van der Waals surface area contributed by atoms with E-state index in [9.17, 15) is 19.2 Å². The van der Waals surface area contributed by atoms with E-state index in [0.717, 1.165) is 81.5 Å². The number of likely N-dealkylation sites (tertiary alicyclic amines) is 2. The molecule has 0 radical (unpaired) electrons. The van der Waals surface area contributed by atoms with Gasteiger partial charge in [0.05, 0.1) is 49.2 Å². The highest BCUT2D eigenvalue weighted by Gasteiger charge is 2.41. The molecular weight excluding hydrogens is 753 g/mol. The van der Waals surface area contributed by atoms with E-state index in [0.29, 0.717) is 39.1 Å². The van der Waals surface area contributed by atoms with Crippen LogP contribution in [0, 0.1) is 11.8 Å². The molecule has 3 aromatic carbocycles. The maximum Gasteiger partial charge on any atom is 0.407 e. The number of H-pyrrole nitrogens is 2. The Hall–Kier alpha value is -5.96. The molecule has 3 fully saturated rings. The number of hydrogen-bond acceptors (Lipinski definition) is 9. The molecule has 0 saturated carbocycles. The summed E-state index contributed by atoms with van der Waals surface area (Å²) in [6, 6.07) is 17.0. The largest absolute Gasteiger partial charge is 0.453 e. The number of carbonyl (C=O) groups excluding carboxylic acids is 4. The lowest BCUT2D eigenvalue weighted by Gasteiger charge is -2.34. The number of alkyl carbamates (subject to hydrolysis) is 2. The first kappa shape index (κ1) is 39.8. The van der Waals surface area contributed by atoms with Gasteiger partial charge in [-0.1, -0.05) is 56.3 Å². The zero-order valence-corrected chi connectivity index (χ0v) is 34.0. The van der Waals surface area contributed by atoms with Gasteiger partial charge < -0.3 is 44.6 Å². The number of rotatable bonds is 10. The Morgan fingerprint density at radius 3 is 2.10 bits per heavy atom. The molecule has 0 spiro atoms. The molecule has 8 rings (SSSR count). The van der Waals surface area contributed by atoms with Gasteiger partial charge in [0.25, 0.3) is 0 Å². The van der Waals surface area contributed by atoms with Gasteiger partial charge in [0.1, 0.15) is 23.7 Å². The highest BCUT2D eigenvalue weighted by molar-refractivity contribution is 6.05. The Balaban J connectivity index is 0.974. The molecule has 4 atom stereocenters. The number of aromatic nitrogens is 4. The van der Waals surface area contributed by atoms with Gasteiger partial charge in [-0.05, 0) is 84.6 Å². The van der Waals surface area contributed by atoms with Crippen LogP contribution in [0.3, 0.4) is 0 Å². The SMILES string of the molecule is COC(=O)N[C@H](C(=O)N1CCC[C@H]1c1nc2c(ccc3cc(-c4ccc(-c5cnc([C@@H]6CCCN6C(=O)[C@@H](NC(=O)OC)C6CCOCC6)[nH]5)cc4)ccc32)[nH]1)C(C)C. The minimum absolute atomic E-state index is 0.0291. The first-order chi connectivity index (χ1) is 28.6. The van der Waals surface area contributed by atoms with Gasteiger partial charge in [-0.15, -0.1) is 0 Å². The first-order valence-corrected chi connectivity index (χ1v) is 20.6. The average molecular weight is 805 g/mol. The zero-order chi connectivity index (χ0) is 41.2. The van der Waals surface area contributed by atoms with Crippen LogP contribution in [0.4, 0.5) is 9.59 Å². The van der Waals surface area contributed by atoms with Crippen LogP contribution in [0.5, 0.6) is 0 Å². The van der Waals surface area contributed by atoms with Crippen LogP contribution in [-0.2, 0) is 23.8 Å². The van der Waals surface area contributed by atoms with Crippen LogP contribution in [0.1, 0.15) is 76.1 Å². The van der Waals surface area contributed by atoms with E-state index < -0.39 is 24.3 Å². The molecule has 15 heteroatoms. The predicted octanol–water partition coefficient (Wildman–Crippen LogP) is 6.63. The van der Waals surface area contributed by atoms with Crippen molar-refractivity contribution in [2.45, 2.75) is 76.5 Å². The summed E-state index contributed by atoms with van der Waals surface area (Å²) in [4.78, 5) is 72.4. The second kappa shape index (κ2) is 17.1. The number of imidazole rings is 2. The Bertz CT molecular complexity index is 2330. The second-order valence-corrected chi connectivity index (χ2v) is 16.1. The van der Waals surface area contributed by atoms with E-state index in [4.69, 9.17) is 24.2 Å². The lowest BCUT2D eigenvalue weighted by molar-refractivity contribution is -0.137. The van der Waals surface area contributed by atoms with Crippen molar-refractivity contribution in [2.24, 2.45) is 11.8 Å². The maximum absolute atomic E-state index is 14.0. The monoisotopic (exact) mass is 804 g/mol. The lowest BCUT2D eigenvalue weighted by Crippen LogP contribution is -2.53. The molecule has 59 heavy (non-hydrogen) atoms. The van der Waals surface area contributed by atoms with Gasteiger partial charge in [-0.25, -0.2) is 19.6 Å². The summed E-state index contributed by atoms with van der Waals surface area (Å²) < 4.78 is 15.2. The molecule has 0 unspecified atom stereocenters. The predicted molar refractivity (Wildman–Crippen MR) is 221 cm³/mol. The average Bonchev–Trinajstić information content (AvgIpc) is 4.10. The molecule has 310 valence electrons. The topological polar surface area (TPSA) is 184 Å². The van der Waals surface area contributed by atoms with E-state index in [1.54, 1.807) is 0 Å². The van der Waals surface area contributed by atoms with Crippen LogP contribution in [-0.4, -0.2) is 106 Å². The Kier molecular flexibility index (Phi) is 11.5. The maximum atomic E-state index is 14.0. The van der Waals surface area contributed by atoms with Crippen molar-refractivity contribution in [3.05, 3.63) is 72.4 Å². The number of hydrogen-bond donors (Lipinski definition) is 4. The van der Waals surface area contributed by atoms with Gasteiger partial charge in [0.15, 0.2) is 0 Å². The van der Waals surface area contributed by atoms with Crippen molar-refractivity contribution in [1.29, 1.82) is 0 Å². The molecule has 5 aromatic rings. The third kappa shape index (κ3) is 8.07. The minimum atomic E-state index is -0.697. The van der Waals surface area contributed by atoms with Crippen LogP contribution < -0.4 is 10.6 Å². The van der Waals surface area contributed by atoms with Crippen molar-refractivity contribution < 1.29 is 33.4 Å². The van der Waals surface area contributed by atoms with E-state index >= 15 is 0 Å². The van der Waals surface area contributed by atoms with E-state index in [1.165, 1.54) is 14.2 Å². The summed E-state index contributed by atoms with van der Waals surface area (Å²) in [5.41, 5.74) is 5.71. The molecule has 15 nitrogen and oxygen atoms in total. The van der Waals surface area contributed by atoms with Crippen LogP contribution >= 0.6 is 0 Å². The summed E-state index contributed by atoms with van der Waals surface area (Å²) >= 11 is 0. The molecule has 4 N–H and O–H groups in total. The number of carbonyl (C=O) groups is 4. The van der Waals surface area contributed by atoms with Crippen LogP contribution in [0.2, 0.25) is 0 Å². The third-order valence-electron chi connectivity index (χ3n) is 12.2. The zero-order valence-electron chi connectivity index (χ0n) is 34.0. The Morgan fingerprint density at radius 2 is 1.41 bits per heavy atom. The van der Waals surface area contributed by atoms with Crippen molar-refractivity contribution in [3.63, 3.8) is 0 Å². The van der Waals surface area contributed by atoms with Crippen molar-refractivity contribution in [2.75, 3.05) is 40.5 Å². The number of methoxy groups -OCH3 is 2. The summed E-state index contributed by atoms with van der Waals surface area (Å²) in [6.07, 6.45) is 5.20. The molecule has 3 aliphatic rings. The van der Waals surface area contributed by atoms with E-state index in [2.05, 4.69) is 69.1 Å². The summed E-state index contributed by atoms with van der Waals surface area (Å²) in [7, 11) is 2.60. The van der Waals surface area contributed by atoms with Gasteiger partial charge >= 0.3 is 12.2 Å². The first-order valence-electron chi connectivity index (χ1n) is 20.6. The molecular formula is C44H52N8O7. The van der Waals surface area contributed by atoms with Crippen LogP contribution in [0.15, 0.2) is 60.8 Å². The summed E-state index contributed by atoms with van der Waals surface area (Å²) in [5.74, 6) is 1.07. The van der Waals surface area contributed by atoms with E-state index in [1.807, 2.05) is 35.9 Å². The molecule has 5 heterocycles. The standard InChI is InChI=1S/C44H52N8O7/c1-25(2)36(49-43(55)57-3)41(53)52-20-6-8-35(52)40-46-32-16-14-30-23-29(13-15-31(30)38(32)48-40)26-9-11-27(12-10-26)33-24-45-39(47-33)34-7-5-19-51(34)42(54)37(50-44(56)58-4)28-17-21-59-22-18-28/h9-16,23-25,28,34-37H,5-8,17-22H2,1-4H3,(H,45,47)(H,46,48)(H,49,55)(H,50,56)/t34-,35-,36-,37-/m0/s1. The fourth-order valence-electron chi connectivity index (χ4n) is 8.96.